The van der Waals surface area contributed by atoms with Crippen molar-refractivity contribution in [2.45, 2.75) is 19.4 Å². The summed E-state index contributed by atoms with van der Waals surface area (Å²) in [6.45, 7) is 3.81. The van der Waals surface area contributed by atoms with Crippen molar-refractivity contribution in [3.63, 3.8) is 0 Å². The number of nitrogens with one attached hydrogen (secondary N) is 1. The number of aryl methyl sites for hydroxylation is 1. The number of rotatable bonds is 6. The van der Waals surface area contributed by atoms with Crippen LogP contribution in [-0.2, 0) is 6.42 Å². The highest BCUT2D eigenvalue weighted by Gasteiger charge is 2.00. The van der Waals surface area contributed by atoms with Gasteiger partial charge in [-0.25, -0.2) is 4.39 Å². The molecule has 0 saturated carbocycles. The lowest BCUT2D eigenvalue weighted by Gasteiger charge is -2.10. The van der Waals surface area contributed by atoms with E-state index >= 15 is 0 Å². The summed E-state index contributed by atoms with van der Waals surface area (Å²) in [6, 6.07) is 5.21. The molecule has 5 N–H and O–H groups in total. The van der Waals surface area contributed by atoms with Crippen LogP contribution in [-0.4, -0.2) is 25.7 Å². The Morgan fingerprint density at radius 3 is 2.81 bits per heavy atom. The molecule has 0 heterocycles. The van der Waals surface area contributed by atoms with Gasteiger partial charge in [-0.05, 0) is 37.1 Å². The molecule has 1 unspecified atom stereocenters. The molecule has 1 atom stereocenters. The third-order valence-electron chi connectivity index (χ3n) is 2.52. The van der Waals surface area contributed by atoms with Gasteiger partial charge in [0.25, 0.3) is 0 Å². The van der Waals surface area contributed by atoms with Crippen LogP contribution in [0.15, 0.2) is 18.2 Å². The van der Waals surface area contributed by atoms with E-state index in [9.17, 15) is 4.39 Å². The first-order chi connectivity index (χ1) is 7.63. The monoisotopic (exact) mass is 225 g/mol. The van der Waals surface area contributed by atoms with Gasteiger partial charge in [0.05, 0.1) is 0 Å². The molecular formula is C12H20FN3. The fraction of sp³-hybridized carbons (Fsp3) is 0.500. The van der Waals surface area contributed by atoms with Crippen molar-refractivity contribution in [1.29, 1.82) is 0 Å². The van der Waals surface area contributed by atoms with E-state index in [0.29, 0.717) is 12.1 Å². The summed E-state index contributed by atoms with van der Waals surface area (Å²) in [5.41, 5.74) is 12.9. The summed E-state index contributed by atoms with van der Waals surface area (Å²) < 4.78 is 13.0. The minimum absolute atomic E-state index is 0.00922. The minimum atomic E-state index is -0.151. The summed E-state index contributed by atoms with van der Waals surface area (Å²) in [7, 11) is 0. The molecular weight excluding hydrogens is 205 g/mol. The van der Waals surface area contributed by atoms with E-state index in [1.165, 1.54) is 6.07 Å². The predicted octanol–water partition coefficient (Wildman–Crippen LogP) is 0.552. The molecule has 3 nitrogen and oxygen atoms in total. The van der Waals surface area contributed by atoms with Gasteiger partial charge in [-0.15, -0.1) is 0 Å². The molecule has 0 aliphatic rings. The highest BCUT2D eigenvalue weighted by molar-refractivity contribution is 5.24. The van der Waals surface area contributed by atoms with Gasteiger partial charge < -0.3 is 16.8 Å². The van der Waals surface area contributed by atoms with Crippen LogP contribution in [0.4, 0.5) is 4.39 Å². The largest absolute Gasteiger partial charge is 0.329 e. The van der Waals surface area contributed by atoms with E-state index in [2.05, 4.69) is 5.32 Å². The van der Waals surface area contributed by atoms with Crippen LogP contribution in [0.1, 0.15) is 11.1 Å². The molecule has 1 aromatic carbocycles. The first-order valence-corrected chi connectivity index (χ1v) is 5.55. The lowest BCUT2D eigenvalue weighted by molar-refractivity contribution is 0.582. The molecule has 0 saturated heterocycles. The summed E-state index contributed by atoms with van der Waals surface area (Å²) in [5.74, 6) is -0.151. The van der Waals surface area contributed by atoms with Crippen molar-refractivity contribution in [1.82, 2.24) is 5.32 Å². The third-order valence-corrected chi connectivity index (χ3v) is 2.52. The van der Waals surface area contributed by atoms with E-state index in [0.717, 1.165) is 25.1 Å². The second-order valence-corrected chi connectivity index (χ2v) is 4.03. The van der Waals surface area contributed by atoms with Gasteiger partial charge in [-0.2, -0.15) is 0 Å². The SMILES string of the molecule is Cc1cc(CCNCC(N)CN)ccc1F. The van der Waals surface area contributed by atoms with Crippen molar-refractivity contribution in [3.05, 3.63) is 35.1 Å². The molecule has 0 bridgehead atoms. The number of hydrogen-bond acceptors (Lipinski definition) is 3. The topological polar surface area (TPSA) is 64.1 Å². The van der Waals surface area contributed by atoms with E-state index < -0.39 is 0 Å². The Kier molecular flexibility index (Phi) is 5.38. The molecule has 1 rings (SSSR count). The van der Waals surface area contributed by atoms with Crippen LogP contribution in [0.25, 0.3) is 0 Å². The van der Waals surface area contributed by atoms with Crippen molar-refractivity contribution < 1.29 is 4.39 Å². The Morgan fingerprint density at radius 2 is 2.19 bits per heavy atom. The van der Waals surface area contributed by atoms with E-state index in [1.54, 1.807) is 6.92 Å². The zero-order chi connectivity index (χ0) is 12.0. The first-order valence-electron chi connectivity index (χ1n) is 5.55. The van der Waals surface area contributed by atoms with Crippen LogP contribution in [0.3, 0.4) is 0 Å². The molecule has 0 amide bonds. The fourth-order valence-electron chi connectivity index (χ4n) is 1.47. The van der Waals surface area contributed by atoms with Crippen LogP contribution in [0.5, 0.6) is 0 Å². The lowest BCUT2D eigenvalue weighted by atomic mass is 10.1. The van der Waals surface area contributed by atoms with Gasteiger partial charge in [-0.3, -0.25) is 0 Å². The van der Waals surface area contributed by atoms with Gasteiger partial charge in [0, 0.05) is 19.1 Å². The van der Waals surface area contributed by atoms with Crippen molar-refractivity contribution in [2.75, 3.05) is 19.6 Å². The quantitative estimate of drug-likeness (QED) is 0.620. The Labute approximate surface area is 96.0 Å². The van der Waals surface area contributed by atoms with Crippen molar-refractivity contribution in [2.24, 2.45) is 11.5 Å². The predicted molar refractivity (Wildman–Crippen MR) is 64.7 cm³/mol. The Balaban J connectivity index is 2.29. The third kappa shape index (κ3) is 4.26. The normalized spacial score (nSPS) is 12.8. The van der Waals surface area contributed by atoms with Gasteiger partial charge in [0.15, 0.2) is 0 Å². The summed E-state index contributed by atoms with van der Waals surface area (Å²) in [4.78, 5) is 0. The van der Waals surface area contributed by atoms with Crippen LogP contribution >= 0.6 is 0 Å². The minimum Gasteiger partial charge on any atom is -0.329 e. The Morgan fingerprint density at radius 1 is 1.44 bits per heavy atom. The summed E-state index contributed by atoms with van der Waals surface area (Å²) >= 11 is 0. The van der Waals surface area contributed by atoms with Crippen LogP contribution in [0, 0.1) is 12.7 Å². The molecule has 0 radical (unpaired) electrons. The van der Waals surface area contributed by atoms with Crippen molar-refractivity contribution >= 4 is 0 Å². The Hall–Kier alpha value is -0.970. The van der Waals surface area contributed by atoms with Gasteiger partial charge in [0.1, 0.15) is 5.82 Å². The fourth-order valence-corrected chi connectivity index (χ4v) is 1.47. The summed E-state index contributed by atoms with van der Waals surface area (Å²) in [6.07, 6.45) is 0.873. The lowest BCUT2D eigenvalue weighted by Crippen LogP contribution is -2.40. The average Bonchev–Trinajstić information content (AvgIpc) is 2.28. The molecule has 0 aromatic heterocycles. The second kappa shape index (κ2) is 6.58. The smallest absolute Gasteiger partial charge is 0.126 e. The second-order valence-electron chi connectivity index (χ2n) is 4.03. The maximum Gasteiger partial charge on any atom is 0.126 e. The van der Waals surface area contributed by atoms with Gasteiger partial charge in [0.2, 0.25) is 0 Å². The Bertz CT molecular complexity index is 328. The van der Waals surface area contributed by atoms with E-state index in [-0.39, 0.29) is 11.9 Å². The van der Waals surface area contributed by atoms with Crippen LogP contribution < -0.4 is 16.8 Å². The number of halogens is 1. The maximum atomic E-state index is 13.0. The molecule has 0 aliphatic heterocycles. The van der Waals surface area contributed by atoms with Crippen molar-refractivity contribution in [3.8, 4) is 0 Å². The molecule has 90 valence electrons. The average molecular weight is 225 g/mol. The number of hydrogen-bond donors (Lipinski definition) is 3. The molecule has 0 aliphatic carbocycles. The van der Waals surface area contributed by atoms with E-state index in [4.69, 9.17) is 11.5 Å². The number of nitrogens with two attached hydrogens (primary N) is 2. The van der Waals surface area contributed by atoms with Crippen LogP contribution in [0.2, 0.25) is 0 Å². The molecule has 0 fully saturated rings. The first kappa shape index (κ1) is 13.1. The molecule has 4 heteroatoms. The molecule has 0 spiro atoms. The molecule has 1 aromatic rings. The number of benzene rings is 1. The highest BCUT2D eigenvalue weighted by atomic mass is 19.1. The summed E-state index contributed by atoms with van der Waals surface area (Å²) in [5, 5.41) is 3.22. The highest BCUT2D eigenvalue weighted by Crippen LogP contribution is 2.09. The zero-order valence-electron chi connectivity index (χ0n) is 9.67. The van der Waals surface area contributed by atoms with Gasteiger partial charge in [-0.1, -0.05) is 12.1 Å². The van der Waals surface area contributed by atoms with Gasteiger partial charge >= 0.3 is 0 Å². The zero-order valence-corrected chi connectivity index (χ0v) is 9.67. The molecule has 16 heavy (non-hydrogen) atoms. The standard InChI is InChI=1S/C12H20FN3/c1-9-6-10(2-3-12(9)13)4-5-16-8-11(15)7-14/h2-3,6,11,16H,4-5,7-8,14-15H2,1H3. The maximum absolute atomic E-state index is 13.0. The van der Waals surface area contributed by atoms with E-state index in [1.807, 2.05) is 12.1 Å².